The maximum atomic E-state index is 11.9. The lowest BCUT2D eigenvalue weighted by Gasteiger charge is -2.20. The zero-order valence-electron chi connectivity index (χ0n) is 16.8. The van der Waals surface area contributed by atoms with Gasteiger partial charge in [0.25, 0.3) is 11.8 Å². The van der Waals surface area contributed by atoms with Crippen LogP contribution in [0.1, 0.15) is 18.7 Å². The van der Waals surface area contributed by atoms with Crippen molar-refractivity contribution < 1.29 is 14.4 Å². The van der Waals surface area contributed by atoms with Crippen LogP contribution in [0, 0.1) is 0 Å². The number of anilines is 1. The first-order valence-electron chi connectivity index (χ1n) is 9.65. The summed E-state index contributed by atoms with van der Waals surface area (Å²) in [4.78, 5) is 37.9. The van der Waals surface area contributed by atoms with E-state index in [9.17, 15) is 14.4 Å². The second-order valence-corrected chi connectivity index (χ2v) is 8.82. The Balaban J connectivity index is 1.49. The monoisotopic (exact) mass is 453 g/mol. The number of hydrogen-bond donors (Lipinski definition) is 2. The fourth-order valence-electron chi connectivity index (χ4n) is 3.14. The van der Waals surface area contributed by atoms with E-state index in [-0.39, 0.29) is 5.57 Å². The highest BCUT2D eigenvalue weighted by Gasteiger charge is 2.27. The summed E-state index contributed by atoms with van der Waals surface area (Å²) in [5.74, 6) is -1.40. The van der Waals surface area contributed by atoms with Gasteiger partial charge in [-0.2, -0.15) is 0 Å². The highest BCUT2D eigenvalue weighted by atomic mass is 32.1. The van der Waals surface area contributed by atoms with E-state index in [4.69, 9.17) is 0 Å². The van der Waals surface area contributed by atoms with Crippen molar-refractivity contribution in [2.75, 3.05) is 18.0 Å². The molecule has 2 aromatic heterocycles. The third-order valence-electron chi connectivity index (χ3n) is 4.69. The number of barbiturate groups is 1. The Kier molecular flexibility index (Phi) is 5.92. The van der Waals surface area contributed by atoms with Gasteiger partial charge in [0.15, 0.2) is 0 Å². The second kappa shape index (κ2) is 8.78. The average Bonchev–Trinajstić information content (AvgIpc) is 3.29. The van der Waals surface area contributed by atoms with Gasteiger partial charge in [0.05, 0.1) is 5.69 Å². The number of imide groups is 2. The summed E-state index contributed by atoms with van der Waals surface area (Å²) in [5.41, 5.74) is 1.84. The molecule has 1 saturated heterocycles. The number of azo groups is 1. The number of thiophene rings is 2. The van der Waals surface area contributed by atoms with Crippen LogP contribution in [0.15, 0.2) is 52.2 Å². The van der Waals surface area contributed by atoms with Gasteiger partial charge in [-0.05, 0) is 56.3 Å². The molecule has 3 aromatic rings. The molecule has 3 heterocycles. The van der Waals surface area contributed by atoms with Gasteiger partial charge >= 0.3 is 6.03 Å². The van der Waals surface area contributed by atoms with Crippen LogP contribution in [-0.2, 0) is 9.59 Å². The van der Waals surface area contributed by atoms with Crippen molar-refractivity contribution in [3.63, 3.8) is 0 Å². The number of hydrogen-bond acceptors (Lipinski definition) is 8. The molecule has 2 N–H and O–H groups in total. The van der Waals surface area contributed by atoms with Crippen molar-refractivity contribution in [1.29, 1.82) is 0 Å². The summed E-state index contributed by atoms with van der Waals surface area (Å²) in [5, 5.41) is 13.6. The van der Waals surface area contributed by atoms with E-state index in [1.807, 2.05) is 36.4 Å². The SMILES string of the molecule is CCN(CC)c1ccc(/N=N/c2cc3sc(C=C4C(=O)NC(=O)NC4=O)cc3s2)cc1. The third-order valence-corrected chi connectivity index (χ3v) is 6.81. The minimum absolute atomic E-state index is 0.0958. The predicted molar refractivity (Wildman–Crippen MR) is 124 cm³/mol. The van der Waals surface area contributed by atoms with Crippen LogP contribution in [0.5, 0.6) is 0 Å². The lowest BCUT2D eigenvalue weighted by Crippen LogP contribution is -2.51. The average molecular weight is 454 g/mol. The van der Waals surface area contributed by atoms with Crippen molar-refractivity contribution in [3.8, 4) is 0 Å². The van der Waals surface area contributed by atoms with Gasteiger partial charge in [0, 0.05) is 33.1 Å². The highest BCUT2D eigenvalue weighted by Crippen LogP contribution is 2.39. The summed E-state index contributed by atoms with van der Waals surface area (Å²) in [6, 6.07) is 11.0. The number of carbonyl (C=O) groups is 3. The first kappa shape index (κ1) is 20.9. The summed E-state index contributed by atoms with van der Waals surface area (Å²) in [6.07, 6.45) is 1.48. The van der Waals surface area contributed by atoms with Gasteiger partial charge in [0.1, 0.15) is 10.6 Å². The molecule has 0 spiro atoms. The lowest BCUT2D eigenvalue weighted by molar-refractivity contribution is -0.123. The Hall–Kier alpha value is -3.37. The number of nitrogens with one attached hydrogen (secondary N) is 2. The fraction of sp³-hybridized carbons (Fsp3) is 0.190. The van der Waals surface area contributed by atoms with Gasteiger partial charge in [-0.3, -0.25) is 20.2 Å². The van der Waals surface area contributed by atoms with Crippen LogP contribution >= 0.6 is 22.7 Å². The molecule has 1 fully saturated rings. The first-order valence-corrected chi connectivity index (χ1v) is 11.3. The fourth-order valence-corrected chi connectivity index (χ4v) is 5.30. The Labute approximate surface area is 186 Å². The molecule has 4 rings (SSSR count). The molecule has 10 heteroatoms. The Morgan fingerprint density at radius 3 is 2.16 bits per heavy atom. The second-order valence-electron chi connectivity index (χ2n) is 6.65. The van der Waals surface area contributed by atoms with E-state index >= 15 is 0 Å². The molecule has 1 aromatic carbocycles. The number of benzene rings is 1. The van der Waals surface area contributed by atoms with E-state index in [0.717, 1.165) is 43.7 Å². The third kappa shape index (κ3) is 4.54. The molecule has 0 unspecified atom stereocenters. The Bertz CT molecular complexity index is 1170. The van der Waals surface area contributed by atoms with Crippen LogP contribution < -0.4 is 15.5 Å². The van der Waals surface area contributed by atoms with Gasteiger partial charge in [-0.1, -0.05) is 0 Å². The molecule has 1 aliphatic rings. The zero-order valence-corrected chi connectivity index (χ0v) is 18.5. The summed E-state index contributed by atoms with van der Waals surface area (Å²) in [6.45, 7) is 6.16. The van der Waals surface area contributed by atoms with Gasteiger partial charge in [0.2, 0.25) is 0 Å². The van der Waals surface area contributed by atoms with Gasteiger partial charge < -0.3 is 4.90 Å². The molecule has 158 valence electrons. The van der Waals surface area contributed by atoms with Crippen LogP contribution in [0.2, 0.25) is 0 Å². The number of carbonyl (C=O) groups excluding carboxylic acids is 3. The smallest absolute Gasteiger partial charge is 0.328 e. The number of amides is 4. The minimum Gasteiger partial charge on any atom is -0.372 e. The van der Waals surface area contributed by atoms with Crippen LogP contribution in [0.3, 0.4) is 0 Å². The van der Waals surface area contributed by atoms with Crippen molar-refractivity contribution in [2.24, 2.45) is 10.2 Å². The van der Waals surface area contributed by atoms with Crippen molar-refractivity contribution in [3.05, 3.63) is 46.8 Å². The largest absolute Gasteiger partial charge is 0.372 e. The molecule has 4 amide bonds. The van der Waals surface area contributed by atoms with Crippen LogP contribution in [0.25, 0.3) is 15.5 Å². The normalized spacial score (nSPS) is 14.3. The topological polar surface area (TPSA) is 103 Å². The number of nitrogens with zero attached hydrogens (tertiary/aromatic N) is 3. The van der Waals surface area contributed by atoms with Crippen molar-refractivity contribution in [1.82, 2.24) is 10.6 Å². The molecule has 31 heavy (non-hydrogen) atoms. The number of fused-ring (bicyclic) bond motifs is 1. The van der Waals surface area contributed by atoms with E-state index in [0.29, 0.717) is 0 Å². The maximum absolute atomic E-state index is 11.9. The zero-order chi connectivity index (χ0) is 22.0. The molecule has 0 aliphatic carbocycles. The van der Waals surface area contributed by atoms with E-state index in [1.165, 1.54) is 28.7 Å². The van der Waals surface area contributed by atoms with Crippen molar-refractivity contribution >= 4 is 72.4 Å². The summed E-state index contributed by atoms with van der Waals surface area (Å²) < 4.78 is 1.96. The molecule has 1 aliphatic heterocycles. The van der Waals surface area contributed by atoms with Crippen LogP contribution in [0.4, 0.5) is 21.2 Å². The molecule has 0 atom stereocenters. The molecular formula is C21H19N5O3S2. The van der Waals surface area contributed by atoms with Crippen LogP contribution in [-0.4, -0.2) is 30.9 Å². The van der Waals surface area contributed by atoms with E-state index in [1.54, 1.807) is 0 Å². The highest BCUT2D eigenvalue weighted by molar-refractivity contribution is 7.30. The standard InChI is InChI=1S/C21H19N5O3S2/c1-3-26(4-2)13-7-5-12(6-8-13)24-25-18-11-17-16(31-18)10-14(30-17)9-15-19(27)22-21(29)23-20(15)28/h5-11H,3-4H2,1-2H3,(H2,22,23,27,28,29)/b25-24+. The molecule has 0 saturated carbocycles. The Morgan fingerprint density at radius 2 is 1.55 bits per heavy atom. The molecule has 0 radical (unpaired) electrons. The number of rotatable bonds is 6. The predicted octanol–water partition coefficient (Wildman–Crippen LogP) is 4.97. The first-order chi connectivity index (χ1) is 15.0. The maximum Gasteiger partial charge on any atom is 0.328 e. The summed E-state index contributed by atoms with van der Waals surface area (Å²) >= 11 is 2.90. The van der Waals surface area contributed by atoms with Gasteiger partial charge in [-0.25, -0.2) is 4.79 Å². The lowest BCUT2D eigenvalue weighted by atomic mass is 10.2. The van der Waals surface area contributed by atoms with Crippen molar-refractivity contribution in [2.45, 2.75) is 13.8 Å². The Morgan fingerprint density at radius 1 is 0.903 bits per heavy atom. The van der Waals surface area contributed by atoms with E-state index in [2.05, 4.69) is 39.6 Å². The number of urea groups is 1. The summed E-state index contributed by atoms with van der Waals surface area (Å²) in [7, 11) is 0. The van der Waals surface area contributed by atoms with E-state index < -0.39 is 17.8 Å². The molecular weight excluding hydrogens is 434 g/mol. The van der Waals surface area contributed by atoms with Gasteiger partial charge in [-0.15, -0.1) is 32.9 Å². The molecule has 0 bridgehead atoms. The molecule has 8 nitrogen and oxygen atoms in total. The quantitative estimate of drug-likeness (QED) is 0.312. The minimum atomic E-state index is -0.808.